The zero-order valence-corrected chi connectivity index (χ0v) is 7.97. The molecule has 0 spiro atoms. The van der Waals surface area contributed by atoms with Crippen LogP contribution < -0.4 is 0 Å². The standard InChI is InChI=1S/C8H13NO2.ClH/c1-6(10)9-7-2-3-8(9)5-11-4-7;/h7-8H,2-5H2,1H3;1H. The van der Waals surface area contributed by atoms with Crippen molar-refractivity contribution >= 4 is 18.3 Å². The molecular weight excluding hydrogens is 178 g/mol. The summed E-state index contributed by atoms with van der Waals surface area (Å²) in [7, 11) is 0. The maximum absolute atomic E-state index is 11.1. The Bertz CT molecular complexity index is 170. The van der Waals surface area contributed by atoms with Crippen molar-refractivity contribution in [2.75, 3.05) is 13.2 Å². The molecule has 3 nitrogen and oxygen atoms in total. The summed E-state index contributed by atoms with van der Waals surface area (Å²) in [6, 6.07) is 0.762. The van der Waals surface area contributed by atoms with E-state index >= 15 is 0 Å². The average Bonchev–Trinajstić information content (AvgIpc) is 2.23. The summed E-state index contributed by atoms with van der Waals surface area (Å²) in [6.07, 6.45) is 2.26. The van der Waals surface area contributed by atoms with Gasteiger partial charge in [-0.15, -0.1) is 12.4 Å². The summed E-state index contributed by atoms with van der Waals surface area (Å²) in [6.45, 7) is 3.14. The highest BCUT2D eigenvalue weighted by molar-refractivity contribution is 5.85. The van der Waals surface area contributed by atoms with Crippen molar-refractivity contribution in [3.63, 3.8) is 0 Å². The number of halogens is 1. The summed E-state index contributed by atoms with van der Waals surface area (Å²) in [5.74, 6) is 0.209. The Morgan fingerprint density at radius 3 is 2.17 bits per heavy atom. The van der Waals surface area contributed by atoms with E-state index in [-0.39, 0.29) is 18.3 Å². The Morgan fingerprint density at radius 2 is 1.83 bits per heavy atom. The summed E-state index contributed by atoms with van der Waals surface area (Å²) in [5, 5.41) is 0. The van der Waals surface area contributed by atoms with Gasteiger partial charge in [-0.2, -0.15) is 0 Å². The molecule has 0 saturated carbocycles. The SMILES string of the molecule is CC(=O)N1C2CCC1COC2.Cl. The Hall–Kier alpha value is -0.280. The third kappa shape index (κ3) is 1.43. The Balaban J connectivity index is 0.000000720. The molecule has 2 aliphatic rings. The average molecular weight is 192 g/mol. The van der Waals surface area contributed by atoms with Gasteiger partial charge in [0.2, 0.25) is 5.91 Å². The topological polar surface area (TPSA) is 29.5 Å². The molecule has 0 aromatic carbocycles. The molecule has 0 aliphatic carbocycles. The Labute approximate surface area is 78.5 Å². The first-order chi connectivity index (χ1) is 5.29. The van der Waals surface area contributed by atoms with Gasteiger partial charge < -0.3 is 9.64 Å². The van der Waals surface area contributed by atoms with Crippen LogP contribution in [0.25, 0.3) is 0 Å². The minimum Gasteiger partial charge on any atom is -0.377 e. The molecule has 4 heteroatoms. The van der Waals surface area contributed by atoms with Crippen LogP contribution in [0.3, 0.4) is 0 Å². The largest absolute Gasteiger partial charge is 0.377 e. The van der Waals surface area contributed by atoms with Crippen molar-refractivity contribution < 1.29 is 9.53 Å². The zero-order chi connectivity index (χ0) is 7.84. The molecular formula is C8H14ClNO2. The number of rotatable bonds is 0. The van der Waals surface area contributed by atoms with E-state index in [0.29, 0.717) is 12.1 Å². The van der Waals surface area contributed by atoms with Crippen molar-refractivity contribution in [3.8, 4) is 0 Å². The molecule has 2 bridgehead atoms. The highest BCUT2D eigenvalue weighted by atomic mass is 35.5. The van der Waals surface area contributed by atoms with Crippen molar-refractivity contribution in [3.05, 3.63) is 0 Å². The fraction of sp³-hybridized carbons (Fsp3) is 0.875. The highest BCUT2D eigenvalue weighted by Gasteiger charge is 2.38. The second-order valence-electron chi connectivity index (χ2n) is 3.35. The van der Waals surface area contributed by atoms with E-state index in [1.807, 2.05) is 4.90 Å². The lowest BCUT2D eigenvalue weighted by Gasteiger charge is -2.33. The zero-order valence-electron chi connectivity index (χ0n) is 7.16. The van der Waals surface area contributed by atoms with Gasteiger partial charge in [-0.3, -0.25) is 4.79 Å². The lowest BCUT2D eigenvalue weighted by molar-refractivity contribution is -0.138. The van der Waals surface area contributed by atoms with Gasteiger partial charge in [-0.1, -0.05) is 0 Å². The summed E-state index contributed by atoms with van der Waals surface area (Å²) >= 11 is 0. The molecule has 0 radical (unpaired) electrons. The van der Waals surface area contributed by atoms with Gasteiger partial charge in [0.05, 0.1) is 25.3 Å². The van der Waals surface area contributed by atoms with Crippen LogP contribution >= 0.6 is 12.4 Å². The van der Waals surface area contributed by atoms with Gasteiger partial charge >= 0.3 is 0 Å². The minimum absolute atomic E-state index is 0. The predicted molar refractivity (Wildman–Crippen MR) is 47.4 cm³/mol. The number of ether oxygens (including phenoxy) is 1. The van der Waals surface area contributed by atoms with Gasteiger partial charge in [0, 0.05) is 6.92 Å². The number of nitrogens with zero attached hydrogens (tertiary/aromatic N) is 1. The van der Waals surface area contributed by atoms with E-state index in [4.69, 9.17) is 4.74 Å². The fourth-order valence-corrected chi connectivity index (χ4v) is 2.14. The number of amides is 1. The van der Waals surface area contributed by atoms with Crippen LogP contribution in [-0.4, -0.2) is 36.1 Å². The summed E-state index contributed by atoms with van der Waals surface area (Å²) in [5.41, 5.74) is 0. The van der Waals surface area contributed by atoms with E-state index in [9.17, 15) is 4.79 Å². The van der Waals surface area contributed by atoms with Gasteiger partial charge in [0.1, 0.15) is 0 Å². The lowest BCUT2D eigenvalue weighted by Crippen LogP contribution is -2.48. The lowest BCUT2D eigenvalue weighted by atomic mass is 10.2. The molecule has 2 aliphatic heterocycles. The van der Waals surface area contributed by atoms with Crippen molar-refractivity contribution in [2.45, 2.75) is 31.8 Å². The van der Waals surface area contributed by atoms with Crippen molar-refractivity contribution in [2.24, 2.45) is 0 Å². The van der Waals surface area contributed by atoms with Gasteiger partial charge in [-0.25, -0.2) is 0 Å². The first-order valence-electron chi connectivity index (χ1n) is 4.15. The second-order valence-corrected chi connectivity index (χ2v) is 3.35. The Kier molecular flexibility index (Phi) is 2.96. The molecule has 0 aromatic rings. The third-order valence-electron chi connectivity index (χ3n) is 2.60. The maximum atomic E-state index is 11.1. The van der Waals surface area contributed by atoms with Crippen LogP contribution in [0.5, 0.6) is 0 Å². The van der Waals surface area contributed by atoms with Crippen LogP contribution in [0.15, 0.2) is 0 Å². The Morgan fingerprint density at radius 1 is 1.33 bits per heavy atom. The van der Waals surface area contributed by atoms with E-state index in [2.05, 4.69) is 0 Å². The smallest absolute Gasteiger partial charge is 0.220 e. The van der Waals surface area contributed by atoms with Crippen LogP contribution in [0.2, 0.25) is 0 Å². The fourth-order valence-electron chi connectivity index (χ4n) is 2.14. The molecule has 0 N–H and O–H groups in total. The number of hydrogen-bond acceptors (Lipinski definition) is 2. The number of morpholine rings is 1. The second kappa shape index (κ2) is 3.62. The first kappa shape index (κ1) is 9.81. The van der Waals surface area contributed by atoms with Crippen LogP contribution in [0, 0.1) is 0 Å². The molecule has 2 atom stereocenters. The van der Waals surface area contributed by atoms with Crippen LogP contribution in [0.1, 0.15) is 19.8 Å². The molecule has 2 saturated heterocycles. The van der Waals surface area contributed by atoms with E-state index in [0.717, 1.165) is 26.1 Å². The quantitative estimate of drug-likeness (QED) is 0.568. The van der Waals surface area contributed by atoms with Crippen LogP contribution in [0.4, 0.5) is 0 Å². The molecule has 12 heavy (non-hydrogen) atoms. The van der Waals surface area contributed by atoms with E-state index < -0.39 is 0 Å². The monoisotopic (exact) mass is 191 g/mol. The molecule has 2 heterocycles. The minimum atomic E-state index is 0. The number of carbonyl (C=O) groups is 1. The maximum Gasteiger partial charge on any atom is 0.220 e. The predicted octanol–water partition coefficient (Wildman–Crippen LogP) is 0.818. The number of hydrogen-bond donors (Lipinski definition) is 0. The van der Waals surface area contributed by atoms with E-state index in [1.54, 1.807) is 6.92 Å². The molecule has 70 valence electrons. The molecule has 2 rings (SSSR count). The molecule has 0 aromatic heterocycles. The van der Waals surface area contributed by atoms with Gasteiger partial charge in [0.15, 0.2) is 0 Å². The van der Waals surface area contributed by atoms with Crippen molar-refractivity contribution in [1.29, 1.82) is 0 Å². The third-order valence-corrected chi connectivity index (χ3v) is 2.60. The molecule has 1 amide bonds. The summed E-state index contributed by atoms with van der Waals surface area (Å²) in [4.78, 5) is 13.1. The number of carbonyl (C=O) groups excluding carboxylic acids is 1. The normalized spacial score (nSPS) is 32.9. The van der Waals surface area contributed by atoms with E-state index in [1.165, 1.54) is 0 Å². The summed E-state index contributed by atoms with van der Waals surface area (Å²) < 4.78 is 5.34. The van der Waals surface area contributed by atoms with Gasteiger partial charge in [-0.05, 0) is 12.8 Å². The molecule has 2 fully saturated rings. The first-order valence-corrected chi connectivity index (χ1v) is 4.15. The van der Waals surface area contributed by atoms with Gasteiger partial charge in [0.25, 0.3) is 0 Å². The number of fused-ring (bicyclic) bond motifs is 2. The molecule has 2 unspecified atom stereocenters. The van der Waals surface area contributed by atoms with Crippen molar-refractivity contribution in [1.82, 2.24) is 4.90 Å². The van der Waals surface area contributed by atoms with Crippen LogP contribution in [-0.2, 0) is 9.53 Å². The highest BCUT2D eigenvalue weighted by Crippen LogP contribution is 2.28.